The largest absolute Gasteiger partial charge is 0.497 e. The Hall–Kier alpha value is -2.28. The van der Waals surface area contributed by atoms with Crippen molar-refractivity contribution >= 4 is 23.3 Å². The smallest absolute Gasteiger partial charge is 0.319 e. The van der Waals surface area contributed by atoms with Crippen LogP contribution >= 0.6 is 11.6 Å². The fraction of sp³-hybridized carbons (Fsp3) is 0.409. The van der Waals surface area contributed by atoms with Gasteiger partial charge in [-0.05, 0) is 73.1 Å². The summed E-state index contributed by atoms with van der Waals surface area (Å²) < 4.78 is 5.24. The summed E-state index contributed by atoms with van der Waals surface area (Å²) in [6.07, 6.45) is 2.02. The van der Waals surface area contributed by atoms with Crippen molar-refractivity contribution in [3.8, 4) is 5.75 Å². The number of hydrogen-bond acceptors (Lipinski definition) is 4. The van der Waals surface area contributed by atoms with Crippen LogP contribution < -0.4 is 20.7 Å². The lowest BCUT2D eigenvalue weighted by molar-refractivity contribution is 0.0725. The van der Waals surface area contributed by atoms with Crippen molar-refractivity contribution in [2.75, 3.05) is 25.5 Å². The minimum absolute atomic E-state index is 0.226. The molecule has 3 rings (SSSR count). The molecule has 4 N–H and O–H groups in total. The fourth-order valence-electron chi connectivity index (χ4n) is 3.78. The van der Waals surface area contributed by atoms with Gasteiger partial charge in [0.25, 0.3) is 0 Å². The van der Waals surface area contributed by atoms with E-state index in [0.717, 1.165) is 25.1 Å². The summed E-state index contributed by atoms with van der Waals surface area (Å²) in [5.41, 5.74) is 1.92. The van der Waals surface area contributed by atoms with Crippen molar-refractivity contribution in [3.63, 3.8) is 0 Å². The Morgan fingerprint density at radius 3 is 2.62 bits per heavy atom. The monoisotopic (exact) mass is 417 g/mol. The number of urea groups is 1. The zero-order valence-corrected chi connectivity index (χ0v) is 17.3. The van der Waals surface area contributed by atoms with Gasteiger partial charge in [-0.25, -0.2) is 4.79 Å². The van der Waals surface area contributed by atoms with Crippen LogP contribution in [0, 0.1) is 5.92 Å². The van der Waals surface area contributed by atoms with Crippen LogP contribution in [0.4, 0.5) is 10.5 Å². The number of amides is 2. The normalized spacial score (nSPS) is 21.4. The molecule has 1 aliphatic rings. The maximum Gasteiger partial charge on any atom is 0.319 e. The number of carbonyl (C=O) groups is 1. The maximum absolute atomic E-state index is 12.0. The van der Waals surface area contributed by atoms with Gasteiger partial charge in [0.1, 0.15) is 12.0 Å². The Bertz CT molecular complexity index is 783. The van der Waals surface area contributed by atoms with Crippen molar-refractivity contribution in [2.45, 2.75) is 31.4 Å². The van der Waals surface area contributed by atoms with Crippen LogP contribution in [0.2, 0.25) is 5.02 Å². The van der Waals surface area contributed by atoms with Crippen LogP contribution in [0.1, 0.15) is 30.7 Å². The lowest BCUT2D eigenvalue weighted by atomic mass is 9.78. The van der Waals surface area contributed by atoms with Crippen LogP contribution in [-0.2, 0) is 0 Å². The molecule has 3 unspecified atom stereocenters. The van der Waals surface area contributed by atoms with Gasteiger partial charge in [0.05, 0.1) is 7.11 Å². The quantitative estimate of drug-likeness (QED) is 0.514. The molecule has 0 aliphatic carbocycles. The zero-order chi connectivity index (χ0) is 20.6. The average Bonchev–Trinajstić information content (AvgIpc) is 2.74. The van der Waals surface area contributed by atoms with Gasteiger partial charge in [-0.2, -0.15) is 0 Å². The van der Waals surface area contributed by atoms with E-state index in [4.69, 9.17) is 16.3 Å². The molecule has 2 amide bonds. The molecule has 2 aromatic rings. The first-order valence-corrected chi connectivity index (χ1v) is 10.3. The second-order valence-corrected chi connectivity index (χ2v) is 7.77. The number of anilines is 1. The fourth-order valence-corrected chi connectivity index (χ4v) is 3.91. The van der Waals surface area contributed by atoms with Crippen molar-refractivity contribution in [1.82, 2.24) is 10.6 Å². The highest BCUT2D eigenvalue weighted by atomic mass is 35.5. The van der Waals surface area contributed by atoms with Crippen LogP contribution in [0.15, 0.2) is 48.5 Å². The summed E-state index contributed by atoms with van der Waals surface area (Å²) in [5.74, 6) is 1.50. The number of halogens is 1. The van der Waals surface area contributed by atoms with E-state index in [1.165, 1.54) is 5.56 Å². The predicted molar refractivity (Wildman–Crippen MR) is 116 cm³/mol. The molecular formula is C22H28ClN3O3. The molecule has 1 aliphatic heterocycles. The Morgan fingerprint density at radius 2 is 1.93 bits per heavy atom. The Morgan fingerprint density at radius 1 is 1.21 bits per heavy atom. The number of rotatable bonds is 7. The molecule has 0 saturated carbocycles. The van der Waals surface area contributed by atoms with Gasteiger partial charge < -0.3 is 20.5 Å². The van der Waals surface area contributed by atoms with Gasteiger partial charge in [-0.15, -0.1) is 0 Å². The summed E-state index contributed by atoms with van der Waals surface area (Å²) in [5, 5.41) is 19.5. The molecule has 0 bridgehead atoms. The van der Waals surface area contributed by atoms with E-state index < -0.39 is 6.23 Å². The van der Waals surface area contributed by atoms with Gasteiger partial charge in [0.2, 0.25) is 0 Å². The highest BCUT2D eigenvalue weighted by Crippen LogP contribution is 2.35. The number of carbonyl (C=O) groups excluding carboxylic acids is 1. The molecule has 0 radical (unpaired) electrons. The average molecular weight is 418 g/mol. The minimum Gasteiger partial charge on any atom is -0.497 e. The highest BCUT2D eigenvalue weighted by molar-refractivity contribution is 6.30. The predicted octanol–water partition coefficient (Wildman–Crippen LogP) is 3.96. The Labute approximate surface area is 176 Å². The SMILES string of the molecule is COc1ccc(C2CC(O)NCC2CCCNC(=O)Nc2ccc(Cl)cc2)cc1. The summed E-state index contributed by atoms with van der Waals surface area (Å²) in [7, 11) is 1.65. The molecular weight excluding hydrogens is 390 g/mol. The zero-order valence-electron chi connectivity index (χ0n) is 16.5. The number of benzene rings is 2. The molecule has 1 fully saturated rings. The highest BCUT2D eigenvalue weighted by Gasteiger charge is 2.30. The van der Waals surface area contributed by atoms with Crippen molar-refractivity contribution in [1.29, 1.82) is 0 Å². The molecule has 0 aromatic heterocycles. The van der Waals surface area contributed by atoms with Gasteiger partial charge >= 0.3 is 6.03 Å². The van der Waals surface area contributed by atoms with E-state index >= 15 is 0 Å². The van der Waals surface area contributed by atoms with E-state index in [9.17, 15) is 9.90 Å². The number of hydrogen-bond donors (Lipinski definition) is 4. The van der Waals surface area contributed by atoms with Crippen LogP contribution in [0.25, 0.3) is 0 Å². The van der Waals surface area contributed by atoms with Gasteiger partial charge in [0, 0.05) is 23.8 Å². The topological polar surface area (TPSA) is 82.6 Å². The number of nitrogens with one attached hydrogen (secondary N) is 3. The molecule has 29 heavy (non-hydrogen) atoms. The molecule has 0 spiro atoms. The molecule has 156 valence electrons. The first-order valence-electron chi connectivity index (χ1n) is 9.91. The number of aliphatic hydroxyl groups is 1. The van der Waals surface area contributed by atoms with E-state index in [1.54, 1.807) is 31.4 Å². The number of aliphatic hydroxyl groups excluding tert-OH is 1. The Balaban J connectivity index is 1.47. The Kier molecular flexibility index (Phi) is 7.75. The van der Waals surface area contributed by atoms with Crippen LogP contribution in [0.3, 0.4) is 0 Å². The van der Waals surface area contributed by atoms with E-state index in [-0.39, 0.29) is 11.9 Å². The summed E-state index contributed by atoms with van der Waals surface area (Å²) in [4.78, 5) is 12.0. The second kappa shape index (κ2) is 10.5. The number of ether oxygens (including phenoxy) is 1. The van der Waals surface area contributed by atoms with E-state index in [0.29, 0.717) is 29.6 Å². The first kappa shape index (κ1) is 21.4. The second-order valence-electron chi connectivity index (χ2n) is 7.33. The minimum atomic E-state index is -0.485. The first-order chi connectivity index (χ1) is 14.0. The third-order valence-corrected chi connectivity index (χ3v) is 5.60. The standard InChI is InChI=1S/C22H28ClN3O3/c1-29-19-10-4-15(5-11-19)20-13-21(27)25-14-16(20)3-2-12-24-22(28)26-18-8-6-17(23)7-9-18/h4-11,16,20-21,25,27H,2-3,12-14H2,1H3,(H2,24,26,28). The van der Waals surface area contributed by atoms with Gasteiger partial charge in [-0.1, -0.05) is 23.7 Å². The van der Waals surface area contributed by atoms with Crippen molar-refractivity contribution in [3.05, 3.63) is 59.1 Å². The van der Waals surface area contributed by atoms with Crippen LogP contribution in [-0.4, -0.2) is 37.6 Å². The molecule has 3 atom stereocenters. The molecule has 6 nitrogen and oxygen atoms in total. The van der Waals surface area contributed by atoms with Crippen molar-refractivity contribution in [2.24, 2.45) is 5.92 Å². The third kappa shape index (κ3) is 6.35. The summed E-state index contributed by atoms with van der Waals surface area (Å²) in [6.45, 7) is 1.35. The van der Waals surface area contributed by atoms with Gasteiger partial charge in [0.15, 0.2) is 0 Å². The molecule has 1 heterocycles. The molecule has 1 saturated heterocycles. The lowest BCUT2D eigenvalue weighted by Gasteiger charge is -2.35. The van der Waals surface area contributed by atoms with Crippen LogP contribution in [0.5, 0.6) is 5.75 Å². The summed E-state index contributed by atoms with van der Waals surface area (Å²) >= 11 is 5.85. The third-order valence-electron chi connectivity index (χ3n) is 5.35. The number of piperidine rings is 1. The lowest BCUT2D eigenvalue weighted by Crippen LogP contribution is -2.43. The van der Waals surface area contributed by atoms with E-state index in [1.807, 2.05) is 12.1 Å². The number of methoxy groups -OCH3 is 1. The molecule has 7 heteroatoms. The van der Waals surface area contributed by atoms with Crippen molar-refractivity contribution < 1.29 is 14.6 Å². The van der Waals surface area contributed by atoms with Gasteiger partial charge in [-0.3, -0.25) is 5.32 Å². The molecule has 2 aromatic carbocycles. The van der Waals surface area contributed by atoms with E-state index in [2.05, 4.69) is 28.1 Å². The summed E-state index contributed by atoms with van der Waals surface area (Å²) in [6, 6.07) is 14.9. The maximum atomic E-state index is 12.0.